The zero-order valence-electron chi connectivity index (χ0n) is 11.6. The van der Waals surface area contributed by atoms with Crippen LogP contribution in [0.5, 0.6) is 0 Å². The number of likely N-dealkylation sites (tertiary alicyclic amines) is 1. The number of halogens is 3. The van der Waals surface area contributed by atoms with Gasteiger partial charge in [-0.1, -0.05) is 0 Å². The number of carbonyl (C=O) groups is 3. The van der Waals surface area contributed by atoms with Gasteiger partial charge in [-0.25, -0.2) is 14.5 Å². The van der Waals surface area contributed by atoms with Gasteiger partial charge in [0.1, 0.15) is 11.6 Å². The molecule has 10 heteroatoms. The summed E-state index contributed by atoms with van der Waals surface area (Å²) < 4.78 is 44.4. The average molecular weight is 312 g/mol. The third-order valence-electron chi connectivity index (χ3n) is 2.20. The van der Waals surface area contributed by atoms with E-state index in [1.807, 2.05) is 0 Å². The summed E-state index contributed by atoms with van der Waals surface area (Å²) >= 11 is 0. The molecule has 0 radical (unpaired) electrons. The van der Waals surface area contributed by atoms with Gasteiger partial charge >= 0.3 is 18.4 Å². The molecule has 21 heavy (non-hydrogen) atoms. The van der Waals surface area contributed by atoms with Gasteiger partial charge in [-0.2, -0.15) is 13.2 Å². The maximum Gasteiger partial charge on any atom is 0.422 e. The van der Waals surface area contributed by atoms with E-state index in [0.29, 0.717) is 4.90 Å². The summed E-state index contributed by atoms with van der Waals surface area (Å²) in [7, 11) is 0. The fourth-order valence-corrected chi connectivity index (χ4v) is 1.37. The van der Waals surface area contributed by atoms with Crippen LogP contribution in [0.15, 0.2) is 0 Å². The number of carbonyl (C=O) groups excluding carboxylic acids is 3. The summed E-state index contributed by atoms with van der Waals surface area (Å²) in [5.74, 6) is -0.854. The Morgan fingerprint density at radius 1 is 1.33 bits per heavy atom. The van der Waals surface area contributed by atoms with E-state index in [-0.39, 0.29) is 6.54 Å². The van der Waals surface area contributed by atoms with Crippen molar-refractivity contribution in [3.05, 3.63) is 0 Å². The quantitative estimate of drug-likeness (QED) is 0.780. The van der Waals surface area contributed by atoms with E-state index in [1.54, 1.807) is 20.8 Å². The SMILES string of the molecule is CC(C)(C)OC(=O)N[C@H]1CN(C(=O)OCC(F)(F)F)C1=O. The molecule has 1 N–H and O–H groups in total. The van der Waals surface area contributed by atoms with Crippen molar-refractivity contribution in [1.29, 1.82) is 0 Å². The number of alkyl carbamates (subject to hydrolysis) is 1. The van der Waals surface area contributed by atoms with E-state index in [1.165, 1.54) is 0 Å². The molecule has 1 saturated heterocycles. The molecule has 0 aromatic rings. The Morgan fingerprint density at radius 3 is 2.33 bits per heavy atom. The first-order chi connectivity index (χ1) is 9.39. The molecule has 1 heterocycles. The Balaban J connectivity index is 2.38. The minimum Gasteiger partial charge on any atom is -0.444 e. The summed E-state index contributed by atoms with van der Waals surface area (Å²) in [6.07, 6.45) is -6.93. The number of nitrogens with one attached hydrogen (secondary N) is 1. The first kappa shape index (κ1) is 17.1. The van der Waals surface area contributed by atoms with Gasteiger partial charge in [0.05, 0.1) is 6.54 Å². The minimum atomic E-state index is -4.67. The maximum absolute atomic E-state index is 11.9. The molecule has 1 fully saturated rings. The minimum absolute atomic E-state index is 0.269. The van der Waals surface area contributed by atoms with Crippen LogP contribution in [0.1, 0.15) is 20.8 Å². The third-order valence-corrected chi connectivity index (χ3v) is 2.20. The van der Waals surface area contributed by atoms with Crippen LogP contribution in [-0.4, -0.2) is 54.0 Å². The second-order valence-corrected chi connectivity index (χ2v) is 5.32. The van der Waals surface area contributed by atoms with Gasteiger partial charge < -0.3 is 14.8 Å². The summed E-state index contributed by atoms with van der Waals surface area (Å²) in [5, 5.41) is 2.20. The van der Waals surface area contributed by atoms with E-state index in [0.717, 1.165) is 0 Å². The Kier molecular flexibility index (Phi) is 4.69. The number of rotatable bonds is 2. The largest absolute Gasteiger partial charge is 0.444 e. The third kappa shape index (κ3) is 5.48. The number of amides is 3. The fraction of sp³-hybridized carbons (Fsp3) is 0.727. The number of imide groups is 1. The topological polar surface area (TPSA) is 84.9 Å². The van der Waals surface area contributed by atoms with Gasteiger partial charge in [0.2, 0.25) is 0 Å². The standard InChI is InChI=1S/C11H15F3N2O5/c1-10(2,3)21-8(18)15-6-4-16(7(6)17)9(19)20-5-11(12,13)14/h6H,4-5H2,1-3H3,(H,15,18)/t6-/m0/s1. The molecular weight excluding hydrogens is 297 g/mol. The molecule has 0 aliphatic carbocycles. The molecule has 1 aliphatic rings. The van der Waals surface area contributed by atoms with E-state index < -0.39 is 42.5 Å². The molecule has 0 aromatic heterocycles. The van der Waals surface area contributed by atoms with E-state index in [9.17, 15) is 27.6 Å². The summed E-state index contributed by atoms with van der Waals surface area (Å²) in [6.45, 7) is 2.82. The van der Waals surface area contributed by atoms with Crippen molar-refractivity contribution >= 4 is 18.1 Å². The first-order valence-corrected chi connectivity index (χ1v) is 5.93. The smallest absolute Gasteiger partial charge is 0.422 e. The molecule has 1 atom stereocenters. The van der Waals surface area contributed by atoms with Crippen LogP contribution in [0, 0.1) is 0 Å². The van der Waals surface area contributed by atoms with Gasteiger partial charge in [0.15, 0.2) is 6.61 Å². The van der Waals surface area contributed by atoms with Crippen LogP contribution in [0.25, 0.3) is 0 Å². The lowest BCUT2D eigenvalue weighted by Gasteiger charge is -2.36. The maximum atomic E-state index is 11.9. The number of hydrogen-bond acceptors (Lipinski definition) is 5. The van der Waals surface area contributed by atoms with Crippen molar-refractivity contribution in [2.75, 3.05) is 13.2 Å². The van der Waals surface area contributed by atoms with E-state index in [2.05, 4.69) is 10.1 Å². The number of ether oxygens (including phenoxy) is 2. The molecule has 0 aromatic carbocycles. The van der Waals surface area contributed by atoms with E-state index in [4.69, 9.17) is 4.74 Å². The number of alkyl halides is 3. The Hall–Kier alpha value is -2.00. The molecule has 120 valence electrons. The van der Waals surface area contributed by atoms with Crippen LogP contribution in [0.3, 0.4) is 0 Å². The molecule has 0 saturated carbocycles. The fourth-order valence-electron chi connectivity index (χ4n) is 1.37. The van der Waals surface area contributed by atoms with Gasteiger partial charge in [-0.3, -0.25) is 4.79 Å². The van der Waals surface area contributed by atoms with Crippen LogP contribution >= 0.6 is 0 Å². The van der Waals surface area contributed by atoms with Gasteiger partial charge in [-0.05, 0) is 20.8 Å². The molecule has 3 amide bonds. The summed E-state index contributed by atoms with van der Waals surface area (Å²) in [4.78, 5) is 34.5. The van der Waals surface area contributed by atoms with Crippen molar-refractivity contribution in [3.8, 4) is 0 Å². The normalized spacial score (nSPS) is 18.9. The van der Waals surface area contributed by atoms with Gasteiger partial charge in [0.25, 0.3) is 5.91 Å². The van der Waals surface area contributed by atoms with Crippen molar-refractivity contribution in [2.45, 2.75) is 38.6 Å². The molecule has 0 spiro atoms. The van der Waals surface area contributed by atoms with Crippen molar-refractivity contribution in [3.63, 3.8) is 0 Å². The van der Waals surface area contributed by atoms with Gasteiger partial charge in [0, 0.05) is 0 Å². The second-order valence-electron chi connectivity index (χ2n) is 5.32. The van der Waals surface area contributed by atoms with Crippen molar-refractivity contribution < 1.29 is 37.0 Å². The molecule has 0 unspecified atom stereocenters. The second kappa shape index (κ2) is 5.78. The van der Waals surface area contributed by atoms with Crippen LogP contribution in [0.2, 0.25) is 0 Å². The lowest BCUT2D eigenvalue weighted by Crippen LogP contribution is -2.65. The van der Waals surface area contributed by atoms with Crippen molar-refractivity contribution in [2.24, 2.45) is 0 Å². The molecule has 0 bridgehead atoms. The lowest BCUT2D eigenvalue weighted by molar-refractivity contribution is -0.166. The zero-order chi connectivity index (χ0) is 16.4. The summed E-state index contributed by atoms with van der Waals surface area (Å²) in [6, 6.07) is -1.02. The number of β-lactam (4-membered cyclic amide) rings is 1. The highest BCUT2D eigenvalue weighted by Gasteiger charge is 2.44. The predicted octanol–water partition coefficient (Wildman–Crippen LogP) is 1.42. The lowest BCUT2D eigenvalue weighted by atomic mass is 10.1. The number of hydrogen-bond donors (Lipinski definition) is 1. The molecule has 1 rings (SSSR count). The Morgan fingerprint density at radius 2 is 1.90 bits per heavy atom. The molecule has 1 aliphatic heterocycles. The van der Waals surface area contributed by atoms with Crippen molar-refractivity contribution in [1.82, 2.24) is 10.2 Å². The highest BCUT2D eigenvalue weighted by Crippen LogP contribution is 2.18. The monoisotopic (exact) mass is 312 g/mol. The van der Waals surface area contributed by atoms with Crippen LogP contribution < -0.4 is 5.32 Å². The average Bonchev–Trinajstić information content (AvgIpc) is 2.27. The van der Waals surface area contributed by atoms with Crippen LogP contribution in [0.4, 0.5) is 22.8 Å². The van der Waals surface area contributed by atoms with Gasteiger partial charge in [-0.15, -0.1) is 0 Å². The first-order valence-electron chi connectivity index (χ1n) is 5.93. The number of nitrogens with zero attached hydrogens (tertiary/aromatic N) is 1. The van der Waals surface area contributed by atoms with E-state index >= 15 is 0 Å². The Bertz CT molecular complexity index is 444. The molecular formula is C11H15F3N2O5. The highest BCUT2D eigenvalue weighted by atomic mass is 19.4. The molecule has 7 nitrogen and oxygen atoms in total. The van der Waals surface area contributed by atoms with Crippen LogP contribution in [-0.2, 0) is 14.3 Å². The summed E-state index contributed by atoms with van der Waals surface area (Å²) in [5.41, 5.74) is -0.762. The Labute approximate surface area is 118 Å². The predicted molar refractivity (Wildman–Crippen MR) is 62.3 cm³/mol. The zero-order valence-corrected chi connectivity index (χ0v) is 11.6. The highest BCUT2D eigenvalue weighted by molar-refractivity contribution is 6.01.